The van der Waals surface area contributed by atoms with Crippen LogP contribution in [0.1, 0.15) is 18.4 Å². The number of nitrogens with two attached hydrogens (primary N) is 1. The Balaban J connectivity index is 1.99. The second-order valence-corrected chi connectivity index (χ2v) is 5.57. The monoisotopic (exact) mass is 286 g/mol. The number of amidine groups is 1. The van der Waals surface area contributed by atoms with Crippen LogP contribution < -0.4 is 5.73 Å². The zero-order valence-corrected chi connectivity index (χ0v) is 11.4. The summed E-state index contributed by atoms with van der Waals surface area (Å²) >= 11 is 7.79. The molecule has 0 amide bonds. The molecule has 1 unspecified atom stereocenters. The van der Waals surface area contributed by atoms with E-state index >= 15 is 0 Å². The van der Waals surface area contributed by atoms with E-state index in [0.717, 1.165) is 30.1 Å². The van der Waals surface area contributed by atoms with Crippen LogP contribution in [-0.2, 0) is 4.74 Å². The average Bonchev–Trinajstić information content (AvgIpc) is 2.88. The Labute approximate surface area is 115 Å². The van der Waals surface area contributed by atoms with Crippen molar-refractivity contribution >= 4 is 29.2 Å². The van der Waals surface area contributed by atoms with Crippen LogP contribution in [-0.4, -0.2) is 29.5 Å². The van der Waals surface area contributed by atoms with Gasteiger partial charge in [-0.05, 0) is 31.0 Å². The van der Waals surface area contributed by atoms with Crippen molar-refractivity contribution in [3.63, 3.8) is 0 Å². The van der Waals surface area contributed by atoms with E-state index in [2.05, 4.69) is 5.16 Å². The van der Waals surface area contributed by atoms with Crippen molar-refractivity contribution in [2.75, 3.05) is 12.4 Å². The predicted molar refractivity (Wildman–Crippen MR) is 73.7 cm³/mol. The Hall–Kier alpha value is -0.910. The molecule has 2 rings (SSSR count). The molecule has 3 N–H and O–H groups in total. The molecule has 1 aliphatic heterocycles. The number of oxime groups is 1. The van der Waals surface area contributed by atoms with Crippen molar-refractivity contribution < 1.29 is 9.94 Å². The normalized spacial score (nSPS) is 20.3. The van der Waals surface area contributed by atoms with Crippen LogP contribution in [0.15, 0.2) is 28.3 Å². The maximum absolute atomic E-state index is 8.61. The fourth-order valence-electron chi connectivity index (χ4n) is 1.81. The summed E-state index contributed by atoms with van der Waals surface area (Å²) in [7, 11) is 0. The van der Waals surface area contributed by atoms with E-state index < -0.39 is 0 Å². The second-order valence-electron chi connectivity index (χ2n) is 4.07. The summed E-state index contributed by atoms with van der Waals surface area (Å²) in [6, 6.07) is 5.50. The Morgan fingerprint density at radius 3 is 3.06 bits per heavy atom. The third-order valence-corrected chi connectivity index (χ3v) is 4.22. The van der Waals surface area contributed by atoms with E-state index in [1.807, 2.05) is 12.1 Å². The Morgan fingerprint density at radius 2 is 2.44 bits per heavy atom. The molecule has 1 fully saturated rings. The van der Waals surface area contributed by atoms with Crippen LogP contribution in [0.5, 0.6) is 0 Å². The molecule has 1 aliphatic rings. The standard InChI is InChI=1S/C12H15ClN2O2S/c13-11-6-9(3-4-10(11)12(14)15-16)18-7-8-2-1-5-17-8/h3-4,6,8,16H,1-2,5,7H2,(H2,14,15). The van der Waals surface area contributed by atoms with Gasteiger partial charge in [0.05, 0.1) is 11.1 Å². The minimum Gasteiger partial charge on any atom is -0.409 e. The molecule has 0 saturated carbocycles. The smallest absolute Gasteiger partial charge is 0.171 e. The first-order chi connectivity index (χ1) is 8.70. The number of thioether (sulfide) groups is 1. The second kappa shape index (κ2) is 6.31. The van der Waals surface area contributed by atoms with Gasteiger partial charge in [0.2, 0.25) is 0 Å². The molecule has 0 radical (unpaired) electrons. The zero-order chi connectivity index (χ0) is 13.0. The summed E-state index contributed by atoms with van der Waals surface area (Å²) in [5.74, 6) is 0.954. The SMILES string of the molecule is N/C(=N/O)c1ccc(SCC2CCCO2)cc1Cl. The predicted octanol–water partition coefficient (Wildman–Crippen LogP) is 2.71. The molecule has 1 atom stereocenters. The van der Waals surface area contributed by atoms with Crippen LogP contribution in [0.2, 0.25) is 5.02 Å². The average molecular weight is 287 g/mol. The minimum absolute atomic E-state index is 0.0238. The Morgan fingerprint density at radius 1 is 1.61 bits per heavy atom. The lowest BCUT2D eigenvalue weighted by Crippen LogP contribution is -2.13. The van der Waals surface area contributed by atoms with Crippen molar-refractivity contribution in [3.8, 4) is 0 Å². The van der Waals surface area contributed by atoms with Crippen LogP contribution in [0.25, 0.3) is 0 Å². The van der Waals surface area contributed by atoms with Gasteiger partial charge in [0, 0.05) is 22.8 Å². The number of nitrogens with zero attached hydrogens (tertiary/aromatic N) is 1. The third kappa shape index (κ3) is 3.31. The topological polar surface area (TPSA) is 67.8 Å². The van der Waals surface area contributed by atoms with Gasteiger partial charge in [0.1, 0.15) is 0 Å². The maximum atomic E-state index is 8.61. The van der Waals surface area contributed by atoms with Crippen LogP contribution >= 0.6 is 23.4 Å². The Kier molecular flexibility index (Phi) is 4.74. The number of benzene rings is 1. The number of halogens is 1. The van der Waals surface area contributed by atoms with Gasteiger partial charge >= 0.3 is 0 Å². The van der Waals surface area contributed by atoms with Gasteiger partial charge in [-0.1, -0.05) is 16.8 Å². The van der Waals surface area contributed by atoms with Gasteiger partial charge in [-0.3, -0.25) is 0 Å². The van der Waals surface area contributed by atoms with Gasteiger partial charge in [-0.25, -0.2) is 0 Å². The fourth-order valence-corrected chi connectivity index (χ4v) is 3.16. The van der Waals surface area contributed by atoms with Crippen molar-refractivity contribution in [1.82, 2.24) is 0 Å². The van der Waals surface area contributed by atoms with Gasteiger partial charge in [-0.15, -0.1) is 11.8 Å². The van der Waals surface area contributed by atoms with Crippen molar-refractivity contribution in [3.05, 3.63) is 28.8 Å². The third-order valence-electron chi connectivity index (χ3n) is 2.78. The number of hydrogen-bond donors (Lipinski definition) is 2. The number of hydrogen-bond acceptors (Lipinski definition) is 4. The molecule has 0 aromatic heterocycles. The molecule has 6 heteroatoms. The zero-order valence-electron chi connectivity index (χ0n) is 9.80. The molecule has 0 spiro atoms. The summed E-state index contributed by atoms with van der Waals surface area (Å²) in [4.78, 5) is 1.06. The van der Waals surface area contributed by atoms with Gasteiger partial charge in [-0.2, -0.15) is 0 Å². The van der Waals surface area contributed by atoms with E-state index in [-0.39, 0.29) is 5.84 Å². The Bertz CT molecular complexity index is 448. The van der Waals surface area contributed by atoms with Gasteiger partial charge in [0.25, 0.3) is 0 Å². The first-order valence-electron chi connectivity index (χ1n) is 5.72. The summed E-state index contributed by atoms with van der Waals surface area (Å²) in [5, 5.41) is 12.0. The molecular weight excluding hydrogens is 272 g/mol. The lowest BCUT2D eigenvalue weighted by atomic mass is 10.2. The largest absolute Gasteiger partial charge is 0.409 e. The molecule has 4 nitrogen and oxygen atoms in total. The lowest BCUT2D eigenvalue weighted by molar-refractivity contribution is 0.129. The molecule has 18 heavy (non-hydrogen) atoms. The fraction of sp³-hybridized carbons (Fsp3) is 0.417. The summed E-state index contributed by atoms with van der Waals surface area (Å²) in [6.45, 7) is 0.869. The van der Waals surface area contributed by atoms with Crippen molar-refractivity contribution in [2.24, 2.45) is 10.9 Å². The van der Waals surface area contributed by atoms with E-state index in [9.17, 15) is 0 Å². The van der Waals surface area contributed by atoms with E-state index in [1.165, 1.54) is 0 Å². The van der Waals surface area contributed by atoms with Crippen LogP contribution in [0.3, 0.4) is 0 Å². The highest BCUT2D eigenvalue weighted by Crippen LogP contribution is 2.27. The quantitative estimate of drug-likeness (QED) is 0.294. The summed E-state index contributed by atoms with van der Waals surface area (Å²) in [5.41, 5.74) is 6.05. The first-order valence-corrected chi connectivity index (χ1v) is 7.09. The molecule has 1 aromatic carbocycles. The van der Waals surface area contributed by atoms with Gasteiger partial charge < -0.3 is 15.7 Å². The number of ether oxygens (including phenoxy) is 1. The molecule has 98 valence electrons. The molecule has 0 bridgehead atoms. The minimum atomic E-state index is 0.0238. The summed E-state index contributed by atoms with van der Waals surface area (Å²) < 4.78 is 5.56. The van der Waals surface area contributed by atoms with Crippen molar-refractivity contribution in [2.45, 2.75) is 23.8 Å². The van der Waals surface area contributed by atoms with Crippen LogP contribution in [0, 0.1) is 0 Å². The summed E-state index contributed by atoms with van der Waals surface area (Å²) in [6.07, 6.45) is 2.62. The number of rotatable bonds is 4. The molecule has 0 aliphatic carbocycles. The highest BCUT2D eigenvalue weighted by Gasteiger charge is 2.16. The molecule has 1 heterocycles. The maximum Gasteiger partial charge on any atom is 0.171 e. The highest BCUT2D eigenvalue weighted by molar-refractivity contribution is 7.99. The highest BCUT2D eigenvalue weighted by atomic mass is 35.5. The van der Waals surface area contributed by atoms with E-state index in [1.54, 1.807) is 17.8 Å². The first kappa shape index (κ1) is 13.5. The van der Waals surface area contributed by atoms with Crippen LogP contribution in [0.4, 0.5) is 0 Å². The molecule has 1 saturated heterocycles. The van der Waals surface area contributed by atoms with Crippen molar-refractivity contribution in [1.29, 1.82) is 0 Å². The molecule has 1 aromatic rings. The van der Waals surface area contributed by atoms with E-state index in [4.69, 9.17) is 27.3 Å². The lowest BCUT2D eigenvalue weighted by Gasteiger charge is -2.09. The van der Waals surface area contributed by atoms with E-state index in [0.29, 0.717) is 16.7 Å². The molecular formula is C12H15ClN2O2S. The van der Waals surface area contributed by atoms with Gasteiger partial charge in [0.15, 0.2) is 5.84 Å².